The van der Waals surface area contributed by atoms with E-state index < -0.39 is 0 Å². The minimum absolute atomic E-state index is 0.234. The smallest absolute Gasteiger partial charge is 0.138 e. The molecule has 0 aliphatic heterocycles. The van der Waals surface area contributed by atoms with Gasteiger partial charge in [0.25, 0.3) is 0 Å². The first-order valence-corrected chi connectivity index (χ1v) is 3.67. The molecule has 3 nitrogen and oxygen atoms in total. The zero-order chi connectivity index (χ0) is 7.19. The third-order valence-electron chi connectivity index (χ3n) is 2.78. The summed E-state index contributed by atoms with van der Waals surface area (Å²) in [6, 6.07) is 0. The van der Waals surface area contributed by atoms with Crippen molar-refractivity contribution in [2.75, 3.05) is 0 Å². The zero-order valence-corrected chi connectivity index (χ0v) is 5.76. The van der Waals surface area contributed by atoms with Crippen molar-refractivity contribution in [1.82, 2.24) is 0 Å². The third-order valence-corrected chi connectivity index (χ3v) is 2.78. The van der Waals surface area contributed by atoms with Gasteiger partial charge in [0.2, 0.25) is 0 Å². The van der Waals surface area contributed by atoms with Gasteiger partial charge in [0.15, 0.2) is 0 Å². The molecule has 2 bridgehead atoms. The first-order valence-electron chi connectivity index (χ1n) is 3.67. The van der Waals surface area contributed by atoms with Crippen LogP contribution in [0.5, 0.6) is 0 Å². The molecule has 2 rings (SSSR count). The normalized spacial score (nSPS) is 44.4. The number of Topliss-reactive ketones (excluding diaryl/α,β-unsaturated/α-hetero) is 1. The number of carbonyl (C=O) groups excluding carboxylic acids is 1. The van der Waals surface area contributed by atoms with Crippen molar-refractivity contribution in [2.24, 2.45) is 11.0 Å². The van der Waals surface area contributed by atoms with Crippen LogP contribution < -0.4 is 0 Å². The molecule has 2 saturated carbocycles. The summed E-state index contributed by atoms with van der Waals surface area (Å²) in [7, 11) is 0. The molecule has 0 aromatic rings. The molecular weight excluding hydrogens is 128 g/mol. The van der Waals surface area contributed by atoms with E-state index >= 15 is 0 Å². The van der Waals surface area contributed by atoms with Crippen LogP contribution in [0.4, 0.5) is 0 Å². The van der Waals surface area contributed by atoms with Gasteiger partial charge < -0.3 is 0 Å². The van der Waals surface area contributed by atoms with Crippen molar-refractivity contribution in [3.63, 3.8) is 0 Å². The average molecular weight is 138 g/mol. The van der Waals surface area contributed by atoms with Gasteiger partial charge in [-0.05, 0) is 19.3 Å². The summed E-state index contributed by atoms with van der Waals surface area (Å²) in [5.41, 5.74) is 6.70. The van der Waals surface area contributed by atoms with Crippen molar-refractivity contribution in [3.8, 4) is 0 Å². The Balaban J connectivity index is 2.29. The molecule has 2 atom stereocenters. The van der Waals surface area contributed by atoms with E-state index in [0.29, 0.717) is 12.2 Å². The van der Waals surface area contributed by atoms with Crippen LogP contribution >= 0.6 is 0 Å². The Morgan fingerprint density at radius 2 is 2.50 bits per heavy atom. The third kappa shape index (κ3) is 0.576. The van der Waals surface area contributed by atoms with Gasteiger partial charge in [0, 0.05) is 12.3 Å². The highest BCUT2D eigenvalue weighted by Crippen LogP contribution is 2.47. The number of fused-ring (bicyclic) bond motifs is 2. The highest BCUT2D eigenvalue weighted by molar-refractivity contribution is 5.86. The van der Waals surface area contributed by atoms with E-state index in [4.69, 9.17) is 5.53 Å². The number of carbonyl (C=O) groups is 1. The topological polar surface area (TPSA) is 53.3 Å². The molecule has 0 aromatic carbocycles. The quantitative estimate of drug-likeness (QED) is 0.549. The van der Waals surface area contributed by atoms with Crippen LogP contribution in [0.2, 0.25) is 0 Å². The highest BCUT2D eigenvalue weighted by atomic mass is 16.1. The molecule has 3 heteroatoms. The molecular formula is C7H10N2O. The Hall–Kier alpha value is -0.730. The van der Waals surface area contributed by atoms with Gasteiger partial charge in [0.1, 0.15) is 5.78 Å². The Morgan fingerprint density at radius 3 is 2.80 bits per heavy atom. The van der Waals surface area contributed by atoms with Crippen molar-refractivity contribution in [2.45, 2.75) is 31.2 Å². The van der Waals surface area contributed by atoms with Crippen LogP contribution in [0.25, 0.3) is 0 Å². The number of hydrogen-bond acceptors (Lipinski definition) is 3. The molecule has 2 aliphatic carbocycles. The standard InChI is InChI=1S/C7H10N2O/c8-9-7-2-1-5(3-7)6(10)4-7/h5,8H,1-4H2. The van der Waals surface area contributed by atoms with E-state index in [0.717, 1.165) is 19.3 Å². The van der Waals surface area contributed by atoms with E-state index in [2.05, 4.69) is 5.11 Å². The van der Waals surface area contributed by atoms with Crippen molar-refractivity contribution in [1.29, 1.82) is 5.53 Å². The molecule has 0 spiro atoms. The summed E-state index contributed by atoms with van der Waals surface area (Å²) in [4.78, 5) is 11.1. The molecule has 0 heterocycles. The van der Waals surface area contributed by atoms with Crippen LogP contribution in [0.1, 0.15) is 25.7 Å². The summed E-state index contributed by atoms with van der Waals surface area (Å²) in [5.74, 6) is 0.594. The number of nitrogens with zero attached hydrogens (tertiary/aromatic N) is 1. The molecule has 1 N–H and O–H groups in total. The largest absolute Gasteiger partial charge is 0.299 e. The lowest BCUT2D eigenvalue weighted by Gasteiger charge is -2.16. The molecule has 2 aliphatic rings. The monoisotopic (exact) mass is 138 g/mol. The van der Waals surface area contributed by atoms with Gasteiger partial charge in [-0.2, -0.15) is 5.11 Å². The van der Waals surface area contributed by atoms with Gasteiger partial charge in [-0.15, -0.1) is 0 Å². The van der Waals surface area contributed by atoms with Gasteiger partial charge in [-0.1, -0.05) is 0 Å². The summed E-state index contributed by atoms with van der Waals surface area (Å²) < 4.78 is 0. The molecule has 10 heavy (non-hydrogen) atoms. The van der Waals surface area contributed by atoms with Crippen LogP contribution in [-0.4, -0.2) is 11.3 Å². The molecule has 2 unspecified atom stereocenters. The summed E-state index contributed by atoms with van der Waals surface area (Å²) in [6.07, 6.45) is 3.34. The second-order valence-corrected chi connectivity index (χ2v) is 3.42. The van der Waals surface area contributed by atoms with Crippen LogP contribution in [-0.2, 0) is 4.79 Å². The van der Waals surface area contributed by atoms with Crippen LogP contribution in [0.3, 0.4) is 0 Å². The molecule has 54 valence electrons. The lowest BCUT2D eigenvalue weighted by Crippen LogP contribution is -2.21. The second-order valence-electron chi connectivity index (χ2n) is 3.42. The Labute approximate surface area is 59.3 Å². The maximum atomic E-state index is 11.1. The van der Waals surface area contributed by atoms with Gasteiger partial charge in [0.05, 0.1) is 5.54 Å². The minimum atomic E-state index is -0.234. The maximum absolute atomic E-state index is 11.1. The predicted molar refractivity (Wildman–Crippen MR) is 34.8 cm³/mol. The minimum Gasteiger partial charge on any atom is -0.299 e. The summed E-state index contributed by atoms with van der Waals surface area (Å²) in [5, 5.41) is 3.56. The second kappa shape index (κ2) is 1.65. The van der Waals surface area contributed by atoms with Crippen molar-refractivity contribution in [3.05, 3.63) is 0 Å². The number of hydrogen-bond donors (Lipinski definition) is 1. The van der Waals surface area contributed by atoms with E-state index in [1.807, 2.05) is 0 Å². The molecule has 2 fully saturated rings. The van der Waals surface area contributed by atoms with E-state index in [-0.39, 0.29) is 11.5 Å². The Bertz CT molecular complexity index is 202. The first-order chi connectivity index (χ1) is 4.76. The van der Waals surface area contributed by atoms with E-state index in [1.165, 1.54) is 0 Å². The van der Waals surface area contributed by atoms with Crippen molar-refractivity contribution < 1.29 is 4.79 Å². The molecule has 0 aromatic heterocycles. The van der Waals surface area contributed by atoms with Gasteiger partial charge in [-0.25, -0.2) is 5.53 Å². The summed E-state index contributed by atoms with van der Waals surface area (Å²) in [6.45, 7) is 0. The number of nitrogens with one attached hydrogen (secondary N) is 1. The fraction of sp³-hybridized carbons (Fsp3) is 0.857. The Morgan fingerprint density at radius 1 is 1.70 bits per heavy atom. The molecule has 0 radical (unpaired) electrons. The SMILES string of the molecule is N=NC12CCC(C1)C(=O)C2. The lowest BCUT2D eigenvalue weighted by molar-refractivity contribution is -0.121. The van der Waals surface area contributed by atoms with Crippen LogP contribution in [0.15, 0.2) is 5.11 Å². The first kappa shape index (κ1) is 6.01. The fourth-order valence-electron chi connectivity index (χ4n) is 2.15. The van der Waals surface area contributed by atoms with Crippen LogP contribution in [0, 0.1) is 11.4 Å². The number of rotatable bonds is 1. The Kier molecular flexibility index (Phi) is 0.993. The number of ketones is 1. The predicted octanol–water partition coefficient (Wildman–Crippen LogP) is 1.53. The van der Waals surface area contributed by atoms with Gasteiger partial charge in [-0.3, -0.25) is 4.79 Å². The summed E-state index contributed by atoms with van der Waals surface area (Å²) >= 11 is 0. The van der Waals surface area contributed by atoms with E-state index in [9.17, 15) is 4.79 Å². The fourth-order valence-corrected chi connectivity index (χ4v) is 2.15. The lowest BCUT2D eigenvalue weighted by atomic mass is 9.94. The zero-order valence-electron chi connectivity index (χ0n) is 5.76. The highest BCUT2D eigenvalue weighted by Gasteiger charge is 2.50. The van der Waals surface area contributed by atoms with Crippen molar-refractivity contribution >= 4 is 5.78 Å². The van der Waals surface area contributed by atoms with E-state index in [1.54, 1.807) is 0 Å². The average Bonchev–Trinajstić information content (AvgIpc) is 2.45. The molecule has 0 amide bonds. The van der Waals surface area contributed by atoms with Gasteiger partial charge >= 0.3 is 0 Å². The maximum Gasteiger partial charge on any atom is 0.138 e. The molecule has 0 saturated heterocycles.